The third-order valence-corrected chi connectivity index (χ3v) is 12.0. The molecule has 7 aromatic rings. The van der Waals surface area contributed by atoms with Gasteiger partial charge in [0.15, 0.2) is 0 Å². The Bertz CT molecular complexity index is 2590. The first-order chi connectivity index (χ1) is 23.8. The van der Waals surface area contributed by atoms with Crippen molar-refractivity contribution in [3.8, 4) is 22.3 Å². The summed E-state index contributed by atoms with van der Waals surface area (Å²) in [5, 5.41) is 2.72. The standard InChI is InChI=1S/C47H43BN2/c1-45(2,3)30-21-22-39-32(25-30)34-26-31(46(4,5)6)27-35-33-23-29(28-15-10-9-11-16-28)24-41-42(33)48(50(39)43(34)35)38-19-14-18-37-44(38)49(41)40-20-13-12-17-36(40)47(37,7)8/h9-27H,1-8H3. The van der Waals surface area contributed by atoms with E-state index in [0.717, 1.165) is 0 Å². The Labute approximate surface area is 296 Å². The third-order valence-electron chi connectivity index (χ3n) is 12.0. The minimum Gasteiger partial charge on any atom is -0.375 e. The van der Waals surface area contributed by atoms with E-state index in [4.69, 9.17) is 0 Å². The van der Waals surface area contributed by atoms with Crippen LogP contribution in [0, 0.1) is 0 Å². The molecule has 0 N–H and O–H groups in total. The van der Waals surface area contributed by atoms with E-state index in [0.29, 0.717) is 0 Å². The summed E-state index contributed by atoms with van der Waals surface area (Å²) in [5.74, 6) is 0. The van der Waals surface area contributed by atoms with Gasteiger partial charge in [0.25, 0.3) is 0 Å². The monoisotopic (exact) mass is 646 g/mol. The number of aromatic nitrogens is 1. The molecule has 10 rings (SSSR count). The van der Waals surface area contributed by atoms with Gasteiger partial charge in [-0.1, -0.05) is 128 Å². The van der Waals surface area contributed by atoms with Gasteiger partial charge < -0.3 is 9.38 Å². The van der Waals surface area contributed by atoms with Gasteiger partial charge in [0.05, 0.1) is 5.69 Å². The van der Waals surface area contributed by atoms with Gasteiger partial charge >= 0.3 is 6.85 Å². The average Bonchev–Trinajstić information content (AvgIpc) is 3.42. The molecular formula is C47H43BN2. The fraction of sp³-hybridized carbons (Fsp3) is 0.234. The van der Waals surface area contributed by atoms with Crippen molar-refractivity contribution in [3.05, 3.63) is 138 Å². The van der Waals surface area contributed by atoms with Crippen molar-refractivity contribution in [2.45, 2.75) is 71.6 Å². The van der Waals surface area contributed by atoms with Crippen molar-refractivity contribution in [1.82, 2.24) is 4.48 Å². The van der Waals surface area contributed by atoms with E-state index < -0.39 is 0 Å². The highest BCUT2D eigenvalue weighted by Gasteiger charge is 2.48. The molecule has 3 aliphatic rings. The number of hydrogen-bond donors (Lipinski definition) is 0. The van der Waals surface area contributed by atoms with Crippen LogP contribution in [-0.2, 0) is 16.2 Å². The second kappa shape index (κ2) is 9.61. The van der Waals surface area contributed by atoms with Crippen molar-refractivity contribution in [1.29, 1.82) is 0 Å². The van der Waals surface area contributed by atoms with Crippen LogP contribution in [0.4, 0.5) is 17.1 Å². The molecule has 2 nitrogen and oxygen atoms in total. The summed E-state index contributed by atoms with van der Waals surface area (Å²) in [5.41, 5.74) is 20.0. The molecule has 0 atom stereocenters. The number of fused-ring (bicyclic) bond motifs is 9. The van der Waals surface area contributed by atoms with Crippen LogP contribution >= 0.6 is 0 Å². The lowest BCUT2D eigenvalue weighted by Gasteiger charge is -2.48. The predicted octanol–water partition coefficient (Wildman–Crippen LogP) is 11.1. The van der Waals surface area contributed by atoms with Crippen LogP contribution in [0.5, 0.6) is 0 Å². The molecular weight excluding hydrogens is 603 g/mol. The van der Waals surface area contributed by atoms with Crippen LogP contribution in [0.3, 0.4) is 0 Å². The summed E-state index contributed by atoms with van der Waals surface area (Å²) in [6.07, 6.45) is 0. The molecule has 6 aromatic carbocycles. The molecule has 0 amide bonds. The molecule has 244 valence electrons. The molecule has 0 spiro atoms. The van der Waals surface area contributed by atoms with E-state index in [1.807, 2.05) is 0 Å². The lowest BCUT2D eigenvalue weighted by molar-refractivity contribution is 0.590. The number of para-hydroxylation sites is 2. The van der Waals surface area contributed by atoms with E-state index in [1.165, 1.54) is 94.3 Å². The Morgan fingerprint density at radius 1 is 0.560 bits per heavy atom. The summed E-state index contributed by atoms with van der Waals surface area (Å²) >= 11 is 0. The Kier molecular flexibility index (Phi) is 5.74. The molecule has 0 saturated carbocycles. The molecule has 0 aliphatic carbocycles. The number of anilines is 3. The number of nitrogens with zero attached hydrogens (tertiary/aromatic N) is 2. The molecule has 4 heterocycles. The lowest BCUT2D eigenvalue weighted by Crippen LogP contribution is -2.58. The van der Waals surface area contributed by atoms with Gasteiger partial charge in [-0.2, -0.15) is 0 Å². The summed E-state index contributed by atoms with van der Waals surface area (Å²) in [4.78, 5) is 2.62. The molecule has 0 bridgehead atoms. The largest absolute Gasteiger partial charge is 0.375 e. The van der Waals surface area contributed by atoms with Crippen LogP contribution in [0.25, 0.3) is 44.1 Å². The van der Waals surface area contributed by atoms with Crippen LogP contribution < -0.4 is 15.8 Å². The Hall–Kier alpha value is -5.02. The van der Waals surface area contributed by atoms with Crippen molar-refractivity contribution in [2.24, 2.45) is 0 Å². The van der Waals surface area contributed by atoms with E-state index >= 15 is 0 Å². The maximum atomic E-state index is 2.72. The Morgan fingerprint density at radius 2 is 1.26 bits per heavy atom. The van der Waals surface area contributed by atoms with Crippen LogP contribution in [0.1, 0.15) is 77.6 Å². The number of hydrogen-bond acceptors (Lipinski definition) is 1. The van der Waals surface area contributed by atoms with E-state index in [2.05, 4.69) is 180 Å². The molecule has 0 unspecified atom stereocenters. The molecule has 3 heteroatoms. The minimum absolute atomic E-state index is 0.00635. The maximum Gasteiger partial charge on any atom is 0.333 e. The summed E-state index contributed by atoms with van der Waals surface area (Å²) < 4.78 is 2.72. The molecule has 3 aliphatic heterocycles. The van der Waals surface area contributed by atoms with Crippen LogP contribution in [-0.4, -0.2) is 11.3 Å². The first-order valence-electron chi connectivity index (χ1n) is 18.2. The zero-order valence-corrected chi connectivity index (χ0v) is 30.4. The zero-order chi connectivity index (χ0) is 34.5. The van der Waals surface area contributed by atoms with E-state index in [1.54, 1.807) is 0 Å². The SMILES string of the molecule is CC(C)(C)c1ccc2c(c1)c1cc(C(C)(C)C)cc3c1n2B1c2cccc4c2N(c2ccccc2C4(C)C)c2cc(-c4ccccc4)cc-3c21. The van der Waals surface area contributed by atoms with Crippen molar-refractivity contribution < 1.29 is 0 Å². The van der Waals surface area contributed by atoms with Gasteiger partial charge in [-0.15, -0.1) is 0 Å². The first-order valence-corrected chi connectivity index (χ1v) is 18.2. The lowest BCUT2D eigenvalue weighted by atomic mass is 9.44. The molecule has 50 heavy (non-hydrogen) atoms. The quantitative estimate of drug-likeness (QED) is 0.161. The molecule has 0 saturated heterocycles. The normalized spacial score (nSPS) is 15.3. The number of benzene rings is 6. The fourth-order valence-corrected chi connectivity index (χ4v) is 9.36. The van der Waals surface area contributed by atoms with Crippen LogP contribution in [0.15, 0.2) is 115 Å². The summed E-state index contributed by atoms with van der Waals surface area (Å²) in [6.45, 7) is 18.9. The topological polar surface area (TPSA) is 8.17 Å². The zero-order valence-electron chi connectivity index (χ0n) is 30.4. The Balaban J connectivity index is 1.43. The van der Waals surface area contributed by atoms with Crippen LogP contribution in [0.2, 0.25) is 0 Å². The molecule has 0 fully saturated rings. The maximum absolute atomic E-state index is 2.72. The van der Waals surface area contributed by atoms with Crippen molar-refractivity contribution >= 4 is 56.6 Å². The van der Waals surface area contributed by atoms with Crippen molar-refractivity contribution in [3.63, 3.8) is 0 Å². The summed E-state index contributed by atoms with van der Waals surface area (Å²) in [6, 6.07) is 44.4. The van der Waals surface area contributed by atoms with Gasteiger partial charge in [0.1, 0.15) is 0 Å². The van der Waals surface area contributed by atoms with Gasteiger partial charge in [-0.25, -0.2) is 0 Å². The van der Waals surface area contributed by atoms with Crippen molar-refractivity contribution in [2.75, 3.05) is 4.90 Å². The third kappa shape index (κ3) is 3.81. The second-order valence-electron chi connectivity index (χ2n) is 17.5. The summed E-state index contributed by atoms with van der Waals surface area (Å²) in [7, 11) is 0. The minimum atomic E-state index is -0.139. The predicted molar refractivity (Wildman–Crippen MR) is 215 cm³/mol. The fourth-order valence-electron chi connectivity index (χ4n) is 9.36. The molecule has 0 radical (unpaired) electrons. The van der Waals surface area contributed by atoms with Gasteiger partial charge in [0.2, 0.25) is 0 Å². The Morgan fingerprint density at radius 3 is 2.02 bits per heavy atom. The second-order valence-corrected chi connectivity index (χ2v) is 17.5. The molecule has 1 aromatic heterocycles. The highest BCUT2D eigenvalue weighted by Crippen LogP contribution is 2.55. The van der Waals surface area contributed by atoms with Gasteiger partial charge in [-0.3, -0.25) is 0 Å². The average molecular weight is 647 g/mol. The van der Waals surface area contributed by atoms with E-state index in [-0.39, 0.29) is 23.1 Å². The number of rotatable bonds is 1. The highest BCUT2D eigenvalue weighted by atomic mass is 15.2. The van der Waals surface area contributed by atoms with E-state index in [9.17, 15) is 0 Å². The highest BCUT2D eigenvalue weighted by molar-refractivity contribution is 6.90. The first kappa shape index (κ1) is 29.9. The van der Waals surface area contributed by atoms with Gasteiger partial charge in [-0.05, 0) is 103 Å². The smallest absolute Gasteiger partial charge is 0.333 e. The van der Waals surface area contributed by atoms with Gasteiger partial charge in [0, 0.05) is 44.2 Å².